The summed E-state index contributed by atoms with van der Waals surface area (Å²) >= 11 is 0. The Balaban J connectivity index is 2.12. The molecule has 1 N–H and O–H groups in total. The molecule has 0 saturated heterocycles. The van der Waals surface area contributed by atoms with E-state index in [0.717, 1.165) is 0 Å². The van der Waals surface area contributed by atoms with E-state index in [9.17, 15) is 0 Å². The molecule has 1 atom stereocenters. The summed E-state index contributed by atoms with van der Waals surface area (Å²) in [6, 6.07) is 14.4. The van der Waals surface area contributed by atoms with Crippen LogP contribution in [-0.2, 0) is 0 Å². The molecular weight excluding hydrogens is 326 g/mol. The number of nitrogens with one attached hydrogen (secondary N) is 1. The molecule has 1 heterocycles. The fourth-order valence-corrected chi connectivity index (χ4v) is 3.70. The van der Waals surface area contributed by atoms with Gasteiger partial charge in [-0.25, -0.2) is 0 Å². The van der Waals surface area contributed by atoms with Crippen molar-refractivity contribution in [3.8, 4) is 11.1 Å². The van der Waals surface area contributed by atoms with E-state index in [4.69, 9.17) is 0 Å². The van der Waals surface area contributed by atoms with Crippen molar-refractivity contribution in [2.24, 2.45) is 0 Å². The number of hydrogen-bond donors (Lipinski definition) is 1. The van der Waals surface area contributed by atoms with Gasteiger partial charge in [0.25, 0.3) is 0 Å². The third kappa shape index (κ3) is 4.35. The summed E-state index contributed by atoms with van der Waals surface area (Å²) in [5.74, 6) is 1.57. The molecule has 142 valence electrons. The monoisotopic (exact) mass is 359 g/mol. The minimum absolute atomic E-state index is 0.241. The Kier molecular flexibility index (Phi) is 5.89. The first-order valence-corrected chi connectivity index (χ1v) is 10.2. The van der Waals surface area contributed by atoms with Gasteiger partial charge >= 0.3 is 0 Å². The molecule has 0 amide bonds. The normalized spacial score (nSPS) is 16.4. The maximum absolute atomic E-state index is 3.50. The third-order valence-corrected chi connectivity index (χ3v) is 5.47. The van der Waals surface area contributed by atoms with Crippen LogP contribution in [0.25, 0.3) is 11.1 Å². The SMILES string of the molecule is CC(C)c1cc(-c2ccc(C(C)C)c(C3C=CC=CN3)c2)cc(C(C)C)c1. The lowest BCUT2D eigenvalue weighted by Crippen LogP contribution is -2.17. The number of allylic oxidation sites excluding steroid dienone is 2. The topological polar surface area (TPSA) is 12.0 Å². The molecule has 1 aliphatic rings. The maximum atomic E-state index is 3.50. The van der Waals surface area contributed by atoms with Gasteiger partial charge in [-0.05, 0) is 69.5 Å². The second-order valence-electron chi connectivity index (χ2n) is 8.58. The predicted molar refractivity (Wildman–Crippen MR) is 118 cm³/mol. The zero-order valence-electron chi connectivity index (χ0n) is 17.6. The van der Waals surface area contributed by atoms with Crippen LogP contribution in [0.2, 0.25) is 0 Å². The Labute approximate surface area is 165 Å². The van der Waals surface area contributed by atoms with Crippen LogP contribution < -0.4 is 5.32 Å². The summed E-state index contributed by atoms with van der Waals surface area (Å²) in [7, 11) is 0. The largest absolute Gasteiger partial charge is 0.381 e. The van der Waals surface area contributed by atoms with E-state index in [1.807, 2.05) is 6.20 Å². The van der Waals surface area contributed by atoms with Crippen molar-refractivity contribution in [1.82, 2.24) is 5.32 Å². The van der Waals surface area contributed by atoms with E-state index >= 15 is 0 Å². The molecule has 1 heteroatoms. The van der Waals surface area contributed by atoms with Gasteiger partial charge in [0, 0.05) is 0 Å². The average molecular weight is 360 g/mol. The summed E-state index contributed by atoms with van der Waals surface area (Å²) < 4.78 is 0. The van der Waals surface area contributed by atoms with E-state index in [2.05, 4.69) is 101 Å². The van der Waals surface area contributed by atoms with Gasteiger partial charge < -0.3 is 5.32 Å². The molecule has 0 spiro atoms. The summed E-state index contributed by atoms with van der Waals surface area (Å²) in [5.41, 5.74) is 8.28. The minimum atomic E-state index is 0.241. The molecule has 1 unspecified atom stereocenters. The predicted octanol–water partition coefficient (Wildman–Crippen LogP) is 7.44. The molecule has 0 saturated carbocycles. The highest BCUT2D eigenvalue weighted by molar-refractivity contribution is 5.68. The first kappa shape index (κ1) is 19.5. The number of dihydropyridines is 1. The van der Waals surface area contributed by atoms with Crippen LogP contribution in [0.4, 0.5) is 0 Å². The van der Waals surface area contributed by atoms with Gasteiger partial charge in [0.05, 0.1) is 6.04 Å². The van der Waals surface area contributed by atoms with E-state index in [1.54, 1.807) is 0 Å². The Hall–Kier alpha value is -2.28. The molecule has 2 aromatic rings. The zero-order chi connectivity index (χ0) is 19.6. The van der Waals surface area contributed by atoms with E-state index in [0.29, 0.717) is 17.8 Å². The minimum Gasteiger partial charge on any atom is -0.381 e. The van der Waals surface area contributed by atoms with Gasteiger partial charge in [0.2, 0.25) is 0 Å². The van der Waals surface area contributed by atoms with Crippen LogP contribution in [-0.4, -0.2) is 0 Å². The molecule has 3 rings (SSSR count). The lowest BCUT2D eigenvalue weighted by atomic mass is 9.87. The molecule has 0 bridgehead atoms. The molecule has 27 heavy (non-hydrogen) atoms. The van der Waals surface area contributed by atoms with E-state index < -0.39 is 0 Å². The molecule has 0 aromatic heterocycles. The Bertz CT molecular complexity index is 826. The van der Waals surface area contributed by atoms with Crippen molar-refractivity contribution in [2.45, 2.75) is 65.3 Å². The summed E-state index contributed by atoms with van der Waals surface area (Å²) in [4.78, 5) is 0. The first-order valence-electron chi connectivity index (χ1n) is 10.2. The van der Waals surface area contributed by atoms with Crippen LogP contribution in [0, 0.1) is 0 Å². The van der Waals surface area contributed by atoms with Crippen molar-refractivity contribution in [2.75, 3.05) is 0 Å². The standard InChI is InChI=1S/C26H33N/c1-17(2)21-13-22(18(3)4)15-23(14-21)20-10-11-24(19(5)6)25(16-20)26-9-7-8-12-27-26/h7-19,26-27H,1-6H3. The van der Waals surface area contributed by atoms with Gasteiger partial charge in [-0.3, -0.25) is 0 Å². The van der Waals surface area contributed by atoms with Gasteiger partial charge in [-0.15, -0.1) is 0 Å². The second-order valence-corrected chi connectivity index (χ2v) is 8.58. The van der Waals surface area contributed by atoms with E-state index in [-0.39, 0.29) is 6.04 Å². The van der Waals surface area contributed by atoms with Crippen LogP contribution in [0.15, 0.2) is 60.8 Å². The number of hydrogen-bond acceptors (Lipinski definition) is 1. The Morgan fingerprint density at radius 2 is 1.37 bits per heavy atom. The maximum Gasteiger partial charge on any atom is 0.0698 e. The summed E-state index contributed by atoms with van der Waals surface area (Å²) in [6.45, 7) is 13.7. The zero-order valence-corrected chi connectivity index (χ0v) is 17.6. The highest BCUT2D eigenvalue weighted by Crippen LogP contribution is 2.34. The second kappa shape index (κ2) is 8.17. The van der Waals surface area contributed by atoms with Crippen LogP contribution >= 0.6 is 0 Å². The number of benzene rings is 2. The van der Waals surface area contributed by atoms with Gasteiger partial charge in [0.1, 0.15) is 0 Å². The first-order chi connectivity index (χ1) is 12.9. The van der Waals surface area contributed by atoms with Gasteiger partial charge in [-0.1, -0.05) is 84.0 Å². The van der Waals surface area contributed by atoms with Crippen molar-refractivity contribution in [3.05, 3.63) is 83.1 Å². The van der Waals surface area contributed by atoms with Gasteiger partial charge in [-0.2, -0.15) is 0 Å². The highest BCUT2D eigenvalue weighted by atomic mass is 14.9. The van der Waals surface area contributed by atoms with Crippen molar-refractivity contribution >= 4 is 0 Å². The molecule has 1 aliphatic heterocycles. The number of rotatable bonds is 5. The molecule has 1 nitrogen and oxygen atoms in total. The summed E-state index contributed by atoms with van der Waals surface area (Å²) in [5, 5.41) is 3.50. The smallest absolute Gasteiger partial charge is 0.0698 e. The lowest BCUT2D eigenvalue weighted by Gasteiger charge is -2.23. The van der Waals surface area contributed by atoms with Crippen LogP contribution in [0.3, 0.4) is 0 Å². The Morgan fingerprint density at radius 1 is 0.704 bits per heavy atom. The molecule has 0 aliphatic carbocycles. The Morgan fingerprint density at radius 3 is 1.89 bits per heavy atom. The quantitative estimate of drug-likeness (QED) is 0.585. The third-order valence-electron chi connectivity index (χ3n) is 5.47. The van der Waals surface area contributed by atoms with Crippen LogP contribution in [0.1, 0.15) is 87.6 Å². The molecular formula is C26H33N. The lowest BCUT2D eigenvalue weighted by molar-refractivity contribution is 0.719. The van der Waals surface area contributed by atoms with Crippen molar-refractivity contribution < 1.29 is 0 Å². The highest BCUT2D eigenvalue weighted by Gasteiger charge is 2.17. The molecule has 0 radical (unpaired) electrons. The van der Waals surface area contributed by atoms with Crippen molar-refractivity contribution in [1.29, 1.82) is 0 Å². The fourth-order valence-electron chi connectivity index (χ4n) is 3.70. The van der Waals surface area contributed by atoms with Gasteiger partial charge in [0.15, 0.2) is 0 Å². The average Bonchev–Trinajstić information content (AvgIpc) is 2.67. The van der Waals surface area contributed by atoms with Crippen molar-refractivity contribution in [3.63, 3.8) is 0 Å². The van der Waals surface area contributed by atoms with Crippen LogP contribution in [0.5, 0.6) is 0 Å². The summed E-state index contributed by atoms with van der Waals surface area (Å²) in [6.07, 6.45) is 8.47. The molecule has 0 fully saturated rings. The molecule has 2 aromatic carbocycles. The van der Waals surface area contributed by atoms with E-state index in [1.165, 1.54) is 33.4 Å². The fraction of sp³-hybridized carbons (Fsp3) is 0.385.